The lowest BCUT2D eigenvalue weighted by Crippen LogP contribution is -2.51. The molecule has 1 aliphatic rings. The molecule has 0 aliphatic carbocycles. The molecule has 27 heavy (non-hydrogen) atoms. The van der Waals surface area contributed by atoms with Gasteiger partial charge in [0.15, 0.2) is 0 Å². The normalized spacial score (nSPS) is 17.6. The Balaban J connectivity index is 1.78. The van der Waals surface area contributed by atoms with E-state index in [2.05, 4.69) is 0 Å². The third-order valence-electron chi connectivity index (χ3n) is 4.53. The van der Waals surface area contributed by atoms with Gasteiger partial charge in [0.05, 0.1) is 0 Å². The van der Waals surface area contributed by atoms with Crippen molar-refractivity contribution in [2.45, 2.75) is 10.9 Å². The number of hydrogen-bond acceptors (Lipinski definition) is 4. The Morgan fingerprint density at radius 3 is 2.22 bits per heavy atom. The third kappa shape index (κ3) is 4.00. The van der Waals surface area contributed by atoms with Gasteiger partial charge in [-0.05, 0) is 23.8 Å². The van der Waals surface area contributed by atoms with Gasteiger partial charge in [-0.3, -0.25) is 9.69 Å². The number of piperazine rings is 1. The number of benzene rings is 2. The lowest BCUT2D eigenvalue weighted by atomic mass is 10.0. The Morgan fingerprint density at radius 1 is 1.00 bits per heavy atom. The van der Waals surface area contributed by atoms with Gasteiger partial charge in [-0.25, -0.2) is 17.2 Å². The number of sulfonamides is 1. The Labute approximate surface area is 156 Å². The van der Waals surface area contributed by atoms with Crippen LogP contribution < -0.4 is 5.73 Å². The summed E-state index contributed by atoms with van der Waals surface area (Å²) in [5.74, 6) is -2.36. The van der Waals surface area contributed by atoms with Crippen LogP contribution >= 0.6 is 0 Å². The van der Waals surface area contributed by atoms with Gasteiger partial charge >= 0.3 is 0 Å². The molecule has 0 bridgehead atoms. The maximum Gasteiger partial charge on any atom is 0.246 e. The van der Waals surface area contributed by atoms with Crippen molar-refractivity contribution in [3.05, 3.63) is 65.7 Å². The first kappa shape index (κ1) is 19.4. The molecular weight excluding hydrogens is 376 g/mol. The average Bonchev–Trinajstić information content (AvgIpc) is 2.65. The number of hydrogen-bond donors (Lipinski definition) is 1. The van der Waals surface area contributed by atoms with E-state index in [9.17, 15) is 22.0 Å². The van der Waals surface area contributed by atoms with Gasteiger partial charge in [0, 0.05) is 26.2 Å². The zero-order chi connectivity index (χ0) is 19.6. The molecule has 1 fully saturated rings. The largest absolute Gasteiger partial charge is 0.368 e. The molecule has 2 N–H and O–H groups in total. The van der Waals surface area contributed by atoms with E-state index in [1.807, 2.05) is 6.07 Å². The van der Waals surface area contributed by atoms with E-state index in [4.69, 9.17) is 5.73 Å². The number of amides is 1. The summed E-state index contributed by atoms with van der Waals surface area (Å²) in [6, 6.07) is 10.6. The summed E-state index contributed by atoms with van der Waals surface area (Å²) >= 11 is 0. The molecule has 1 heterocycles. The predicted molar refractivity (Wildman–Crippen MR) is 95.1 cm³/mol. The van der Waals surface area contributed by atoms with E-state index in [1.54, 1.807) is 29.2 Å². The molecule has 144 valence electrons. The van der Waals surface area contributed by atoms with E-state index < -0.39 is 38.5 Å². The molecule has 6 nitrogen and oxygen atoms in total. The van der Waals surface area contributed by atoms with Crippen molar-refractivity contribution in [2.75, 3.05) is 26.2 Å². The standard InChI is InChI=1S/C18H19F2N3O3S/c19-14-6-7-15(20)16(12-14)27(25,26)23-10-8-22(9-11-23)17(18(21)24)13-4-2-1-3-5-13/h1-7,12,17H,8-11H2,(H2,21,24). The number of nitrogens with two attached hydrogens (primary N) is 1. The van der Waals surface area contributed by atoms with Crippen LogP contribution in [-0.4, -0.2) is 49.7 Å². The van der Waals surface area contributed by atoms with Crippen molar-refractivity contribution in [1.29, 1.82) is 0 Å². The maximum atomic E-state index is 13.9. The molecule has 2 aromatic rings. The lowest BCUT2D eigenvalue weighted by Gasteiger charge is -2.37. The topological polar surface area (TPSA) is 83.7 Å². The Hall–Kier alpha value is -2.36. The molecule has 1 aliphatic heterocycles. The molecule has 9 heteroatoms. The minimum Gasteiger partial charge on any atom is -0.368 e. The van der Waals surface area contributed by atoms with Gasteiger partial charge in [-0.15, -0.1) is 0 Å². The number of rotatable bonds is 5. The molecule has 2 aromatic carbocycles. The second-order valence-corrected chi connectivity index (χ2v) is 8.14. The third-order valence-corrected chi connectivity index (χ3v) is 6.45. The monoisotopic (exact) mass is 395 g/mol. The molecule has 0 saturated carbocycles. The summed E-state index contributed by atoms with van der Waals surface area (Å²) in [4.78, 5) is 13.0. The van der Waals surface area contributed by atoms with Crippen LogP contribution in [-0.2, 0) is 14.8 Å². The first-order chi connectivity index (χ1) is 12.8. The van der Waals surface area contributed by atoms with Crippen LogP contribution in [0.2, 0.25) is 0 Å². The highest BCUT2D eigenvalue weighted by molar-refractivity contribution is 7.89. The highest BCUT2D eigenvalue weighted by atomic mass is 32.2. The second-order valence-electron chi connectivity index (χ2n) is 6.23. The molecule has 1 atom stereocenters. The van der Waals surface area contributed by atoms with Gasteiger partial charge in [-0.2, -0.15) is 4.31 Å². The van der Waals surface area contributed by atoms with E-state index in [-0.39, 0.29) is 26.2 Å². The lowest BCUT2D eigenvalue weighted by molar-refractivity contribution is -0.124. The summed E-state index contributed by atoms with van der Waals surface area (Å²) in [5.41, 5.74) is 6.26. The average molecular weight is 395 g/mol. The van der Waals surface area contributed by atoms with E-state index in [1.165, 1.54) is 0 Å². The molecule has 1 unspecified atom stereocenters. The second kappa shape index (κ2) is 7.71. The van der Waals surface area contributed by atoms with Crippen molar-refractivity contribution in [3.8, 4) is 0 Å². The van der Waals surface area contributed by atoms with Gasteiger partial charge in [0.25, 0.3) is 0 Å². The van der Waals surface area contributed by atoms with Crippen molar-refractivity contribution in [1.82, 2.24) is 9.21 Å². The number of nitrogens with zero attached hydrogens (tertiary/aromatic N) is 2. The molecule has 0 radical (unpaired) electrons. The fraction of sp³-hybridized carbons (Fsp3) is 0.278. The quantitative estimate of drug-likeness (QED) is 0.832. The molecular formula is C18H19F2N3O3S. The van der Waals surface area contributed by atoms with E-state index in [0.717, 1.165) is 22.0 Å². The van der Waals surface area contributed by atoms with E-state index >= 15 is 0 Å². The summed E-state index contributed by atoms with van der Waals surface area (Å²) in [7, 11) is -4.17. The molecule has 1 amide bonds. The summed E-state index contributed by atoms with van der Waals surface area (Å²) < 4.78 is 53.7. The Morgan fingerprint density at radius 2 is 1.63 bits per heavy atom. The summed E-state index contributed by atoms with van der Waals surface area (Å²) in [6.45, 7) is 0.543. The number of primary amides is 1. The smallest absolute Gasteiger partial charge is 0.246 e. The number of halogens is 2. The zero-order valence-electron chi connectivity index (χ0n) is 14.4. The molecule has 0 aromatic heterocycles. The predicted octanol–water partition coefficient (Wildman–Crippen LogP) is 1.50. The fourth-order valence-electron chi connectivity index (χ4n) is 3.21. The van der Waals surface area contributed by atoms with Crippen molar-refractivity contribution in [2.24, 2.45) is 5.73 Å². The number of carbonyl (C=O) groups is 1. The SMILES string of the molecule is NC(=O)C(c1ccccc1)N1CCN(S(=O)(=O)c2cc(F)ccc2F)CC1. The Bertz CT molecular complexity index is 930. The van der Waals surface area contributed by atoms with Gasteiger partial charge in [-0.1, -0.05) is 30.3 Å². The van der Waals surface area contributed by atoms with Crippen LogP contribution in [0, 0.1) is 11.6 Å². The molecule has 0 spiro atoms. The summed E-state index contributed by atoms with van der Waals surface area (Å²) in [5, 5.41) is 0. The first-order valence-electron chi connectivity index (χ1n) is 8.34. The molecule has 1 saturated heterocycles. The van der Waals surface area contributed by atoms with Crippen molar-refractivity contribution >= 4 is 15.9 Å². The van der Waals surface area contributed by atoms with Crippen LogP contribution in [0.5, 0.6) is 0 Å². The van der Waals surface area contributed by atoms with Crippen LogP contribution in [0.15, 0.2) is 53.4 Å². The van der Waals surface area contributed by atoms with Crippen molar-refractivity contribution in [3.63, 3.8) is 0 Å². The van der Waals surface area contributed by atoms with Gasteiger partial charge < -0.3 is 5.73 Å². The van der Waals surface area contributed by atoms with Crippen LogP contribution in [0.1, 0.15) is 11.6 Å². The first-order valence-corrected chi connectivity index (χ1v) is 9.78. The van der Waals surface area contributed by atoms with Crippen molar-refractivity contribution < 1.29 is 22.0 Å². The minimum absolute atomic E-state index is 0.0366. The highest BCUT2D eigenvalue weighted by Gasteiger charge is 2.34. The Kier molecular flexibility index (Phi) is 5.54. The zero-order valence-corrected chi connectivity index (χ0v) is 15.2. The fourth-order valence-corrected chi connectivity index (χ4v) is 4.70. The van der Waals surface area contributed by atoms with Gasteiger partial charge in [0.1, 0.15) is 22.6 Å². The van der Waals surface area contributed by atoms with Crippen LogP contribution in [0.4, 0.5) is 8.78 Å². The van der Waals surface area contributed by atoms with Crippen LogP contribution in [0.3, 0.4) is 0 Å². The maximum absolute atomic E-state index is 13.9. The number of carbonyl (C=O) groups excluding carboxylic acids is 1. The summed E-state index contributed by atoms with van der Waals surface area (Å²) in [6.07, 6.45) is 0. The van der Waals surface area contributed by atoms with E-state index in [0.29, 0.717) is 6.07 Å². The highest BCUT2D eigenvalue weighted by Crippen LogP contribution is 2.25. The molecule has 3 rings (SSSR count). The minimum atomic E-state index is -4.17. The van der Waals surface area contributed by atoms with Gasteiger partial charge in [0.2, 0.25) is 15.9 Å². The van der Waals surface area contributed by atoms with Crippen LogP contribution in [0.25, 0.3) is 0 Å².